The zero-order chi connectivity index (χ0) is 15.8. The van der Waals surface area contributed by atoms with Crippen LogP contribution in [0.3, 0.4) is 0 Å². The second kappa shape index (κ2) is 8.83. The van der Waals surface area contributed by atoms with Crippen LogP contribution >= 0.6 is 0 Å². The molecule has 118 valence electrons. The van der Waals surface area contributed by atoms with Gasteiger partial charge in [-0.25, -0.2) is 0 Å². The molecular formula is C18H29NO2. The van der Waals surface area contributed by atoms with E-state index in [1.54, 1.807) is 0 Å². The average Bonchev–Trinajstić information content (AvgIpc) is 2.42. The molecule has 0 heterocycles. The predicted octanol–water partition coefficient (Wildman–Crippen LogP) is 4.21. The van der Waals surface area contributed by atoms with E-state index in [2.05, 4.69) is 32.6 Å². The van der Waals surface area contributed by atoms with Gasteiger partial charge in [0.2, 0.25) is 0 Å². The van der Waals surface area contributed by atoms with E-state index in [0.29, 0.717) is 11.8 Å². The maximum absolute atomic E-state index is 11.8. The molecule has 1 aromatic rings. The molecule has 0 amide bonds. The molecule has 1 aromatic carbocycles. The van der Waals surface area contributed by atoms with Gasteiger partial charge in [-0.3, -0.25) is 9.69 Å². The molecule has 0 aliphatic rings. The van der Waals surface area contributed by atoms with Gasteiger partial charge in [0.1, 0.15) is 6.04 Å². The molecule has 0 aromatic heterocycles. The van der Waals surface area contributed by atoms with E-state index in [1.807, 2.05) is 30.3 Å². The zero-order valence-electron chi connectivity index (χ0n) is 13.7. The van der Waals surface area contributed by atoms with Crippen LogP contribution in [0.4, 0.5) is 0 Å². The molecule has 1 atom stereocenters. The lowest BCUT2D eigenvalue weighted by atomic mass is 10.0. The Kier molecular flexibility index (Phi) is 7.44. The molecule has 0 aliphatic carbocycles. The fraction of sp³-hybridized carbons (Fsp3) is 0.611. The highest BCUT2D eigenvalue weighted by atomic mass is 16.4. The number of nitrogens with zero attached hydrogens (tertiary/aromatic N) is 1. The monoisotopic (exact) mass is 291 g/mol. The minimum atomic E-state index is -0.756. The van der Waals surface area contributed by atoms with Crippen molar-refractivity contribution in [3.05, 3.63) is 35.9 Å². The first-order valence-electron chi connectivity index (χ1n) is 7.93. The summed E-state index contributed by atoms with van der Waals surface area (Å²) in [6.45, 7) is 10.4. The minimum absolute atomic E-state index is 0.538. The van der Waals surface area contributed by atoms with Gasteiger partial charge in [0.15, 0.2) is 0 Å². The van der Waals surface area contributed by atoms with E-state index in [1.165, 1.54) is 0 Å². The SMILES string of the molecule is CC(C)CCN(CCC(C)C)C(C(=O)O)c1ccccc1. The summed E-state index contributed by atoms with van der Waals surface area (Å²) in [6, 6.07) is 9.04. The average molecular weight is 291 g/mol. The molecular weight excluding hydrogens is 262 g/mol. The topological polar surface area (TPSA) is 40.5 Å². The second-order valence-electron chi connectivity index (χ2n) is 6.55. The van der Waals surface area contributed by atoms with Gasteiger partial charge in [0.25, 0.3) is 0 Å². The van der Waals surface area contributed by atoms with Crippen molar-refractivity contribution in [2.24, 2.45) is 11.8 Å². The summed E-state index contributed by atoms with van der Waals surface area (Å²) in [4.78, 5) is 13.9. The molecule has 0 aliphatic heterocycles. The first-order chi connectivity index (χ1) is 9.91. The van der Waals surface area contributed by atoms with Crippen molar-refractivity contribution >= 4 is 5.97 Å². The number of rotatable bonds is 9. The van der Waals surface area contributed by atoms with Gasteiger partial charge in [-0.2, -0.15) is 0 Å². The summed E-state index contributed by atoms with van der Waals surface area (Å²) >= 11 is 0. The summed E-state index contributed by atoms with van der Waals surface area (Å²) in [5.74, 6) is 0.405. The van der Waals surface area contributed by atoms with Crippen LogP contribution in [-0.4, -0.2) is 29.1 Å². The summed E-state index contributed by atoms with van der Waals surface area (Å²) in [6.07, 6.45) is 2.05. The van der Waals surface area contributed by atoms with E-state index in [9.17, 15) is 9.90 Å². The molecule has 0 bridgehead atoms. The Hall–Kier alpha value is -1.35. The molecule has 1 rings (SSSR count). The highest BCUT2D eigenvalue weighted by molar-refractivity contribution is 5.75. The van der Waals surface area contributed by atoms with E-state index in [-0.39, 0.29) is 0 Å². The van der Waals surface area contributed by atoms with Crippen LogP contribution in [0.25, 0.3) is 0 Å². The number of carbonyl (C=O) groups is 1. The van der Waals surface area contributed by atoms with Crippen LogP contribution in [0.1, 0.15) is 52.1 Å². The van der Waals surface area contributed by atoms with Gasteiger partial charge in [-0.05, 0) is 43.3 Å². The van der Waals surface area contributed by atoms with Gasteiger partial charge in [0.05, 0.1) is 0 Å². The van der Waals surface area contributed by atoms with E-state index >= 15 is 0 Å². The predicted molar refractivity (Wildman–Crippen MR) is 87.3 cm³/mol. The van der Waals surface area contributed by atoms with Crippen molar-refractivity contribution in [3.63, 3.8) is 0 Å². The number of hydrogen-bond acceptors (Lipinski definition) is 2. The minimum Gasteiger partial charge on any atom is -0.480 e. The molecule has 0 fully saturated rings. The summed E-state index contributed by atoms with van der Waals surface area (Å²) in [7, 11) is 0. The lowest BCUT2D eigenvalue weighted by Gasteiger charge is -2.30. The molecule has 3 nitrogen and oxygen atoms in total. The van der Waals surface area contributed by atoms with Crippen molar-refractivity contribution in [2.75, 3.05) is 13.1 Å². The van der Waals surface area contributed by atoms with Gasteiger partial charge < -0.3 is 5.11 Å². The third-order valence-corrected chi connectivity index (χ3v) is 3.70. The molecule has 1 N–H and O–H groups in total. The number of hydrogen-bond donors (Lipinski definition) is 1. The largest absolute Gasteiger partial charge is 0.480 e. The fourth-order valence-corrected chi connectivity index (χ4v) is 2.36. The Balaban J connectivity index is 2.91. The molecule has 1 unspecified atom stereocenters. The Morgan fingerprint density at radius 2 is 1.48 bits per heavy atom. The molecule has 0 spiro atoms. The molecule has 0 saturated heterocycles. The van der Waals surface area contributed by atoms with Crippen molar-refractivity contribution < 1.29 is 9.90 Å². The van der Waals surface area contributed by atoms with Crippen LogP contribution in [0, 0.1) is 11.8 Å². The third kappa shape index (κ3) is 6.30. The zero-order valence-corrected chi connectivity index (χ0v) is 13.7. The Morgan fingerprint density at radius 3 is 1.86 bits per heavy atom. The summed E-state index contributed by atoms with van der Waals surface area (Å²) in [5.41, 5.74) is 0.873. The number of carboxylic acids is 1. The van der Waals surface area contributed by atoms with Gasteiger partial charge >= 0.3 is 5.97 Å². The van der Waals surface area contributed by atoms with Gasteiger partial charge in [0, 0.05) is 0 Å². The van der Waals surface area contributed by atoms with E-state index in [4.69, 9.17) is 0 Å². The van der Waals surface area contributed by atoms with Crippen molar-refractivity contribution in [2.45, 2.75) is 46.6 Å². The Morgan fingerprint density at radius 1 is 1.00 bits per heavy atom. The lowest BCUT2D eigenvalue weighted by Crippen LogP contribution is -2.36. The summed E-state index contributed by atoms with van der Waals surface area (Å²) in [5, 5.41) is 9.69. The van der Waals surface area contributed by atoms with E-state index < -0.39 is 12.0 Å². The quantitative estimate of drug-likeness (QED) is 0.741. The van der Waals surface area contributed by atoms with Crippen molar-refractivity contribution in [1.29, 1.82) is 0 Å². The second-order valence-corrected chi connectivity index (χ2v) is 6.55. The van der Waals surface area contributed by atoms with Crippen LogP contribution in [-0.2, 0) is 4.79 Å². The highest BCUT2D eigenvalue weighted by Crippen LogP contribution is 2.23. The van der Waals surface area contributed by atoms with E-state index in [0.717, 1.165) is 31.5 Å². The van der Waals surface area contributed by atoms with Crippen LogP contribution in [0.2, 0.25) is 0 Å². The first kappa shape index (κ1) is 17.7. The lowest BCUT2D eigenvalue weighted by molar-refractivity contribution is -0.143. The molecule has 0 radical (unpaired) electrons. The normalized spacial score (nSPS) is 13.1. The van der Waals surface area contributed by atoms with Crippen molar-refractivity contribution in [3.8, 4) is 0 Å². The molecule has 21 heavy (non-hydrogen) atoms. The van der Waals surface area contributed by atoms with Gasteiger partial charge in [-0.1, -0.05) is 58.0 Å². The maximum Gasteiger partial charge on any atom is 0.325 e. The highest BCUT2D eigenvalue weighted by Gasteiger charge is 2.27. The van der Waals surface area contributed by atoms with Crippen LogP contribution < -0.4 is 0 Å². The third-order valence-electron chi connectivity index (χ3n) is 3.70. The Labute approximate surface area is 129 Å². The van der Waals surface area contributed by atoms with Crippen LogP contribution in [0.15, 0.2) is 30.3 Å². The fourth-order valence-electron chi connectivity index (χ4n) is 2.36. The number of aliphatic carboxylic acids is 1. The Bertz CT molecular complexity index is 402. The maximum atomic E-state index is 11.8. The van der Waals surface area contributed by atoms with Gasteiger partial charge in [-0.15, -0.1) is 0 Å². The molecule has 3 heteroatoms. The number of carboxylic acid groups (broad SMARTS) is 1. The molecule has 0 saturated carbocycles. The van der Waals surface area contributed by atoms with Crippen molar-refractivity contribution in [1.82, 2.24) is 4.90 Å². The standard InChI is InChI=1S/C18H29NO2/c1-14(2)10-12-19(13-11-15(3)4)17(18(20)21)16-8-6-5-7-9-16/h5-9,14-15,17H,10-13H2,1-4H3,(H,20,21). The first-order valence-corrected chi connectivity index (χ1v) is 7.93. The van der Waals surface area contributed by atoms with Crippen LogP contribution in [0.5, 0.6) is 0 Å². The summed E-state index contributed by atoms with van der Waals surface area (Å²) < 4.78 is 0. The smallest absolute Gasteiger partial charge is 0.325 e. The number of benzene rings is 1.